The van der Waals surface area contributed by atoms with Gasteiger partial charge in [0.25, 0.3) is 5.69 Å². The number of hydrogen-bond acceptors (Lipinski definition) is 3. The van der Waals surface area contributed by atoms with Crippen LogP contribution in [0.2, 0.25) is 0 Å². The third kappa shape index (κ3) is 3.64. The van der Waals surface area contributed by atoms with Crippen molar-refractivity contribution in [3.8, 4) is 0 Å². The first-order valence-corrected chi connectivity index (χ1v) is 5.00. The molecule has 1 rings (SSSR count). The van der Waals surface area contributed by atoms with E-state index in [2.05, 4.69) is 0 Å². The van der Waals surface area contributed by atoms with E-state index in [4.69, 9.17) is 11.6 Å². The quantitative estimate of drug-likeness (QED) is 0.356. The van der Waals surface area contributed by atoms with E-state index in [1.165, 1.54) is 12.1 Å². The summed E-state index contributed by atoms with van der Waals surface area (Å²) in [6, 6.07) is 3.74. The Morgan fingerprint density at radius 2 is 2.13 bits per heavy atom. The first kappa shape index (κ1) is 12.2. The fourth-order valence-corrected chi connectivity index (χ4v) is 1.84. The zero-order valence-electron chi connectivity index (χ0n) is 7.54. The Morgan fingerprint density at radius 3 is 2.60 bits per heavy atom. The van der Waals surface area contributed by atoms with Gasteiger partial charge in [-0.2, -0.15) is 8.78 Å². The topological polar surface area (TPSA) is 43.1 Å². The molecule has 15 heavy (non-hydrogen) atoms. The van der Waals surface area contributed by atoms with Gasteiger partial charge in [-0.05, 0) is 35.9 Å². The summed E-state index contributed by atoms with van der Waals surface area (Å²) in [7, 11) is 0. The van der Waals surface area contributed by atoms with Crippen LogP contribution in [0, 0.1) is 17.0 Å². The van der Waals surface area contributed by atoms with Crippen LogP contribution in [0.15, 0.2) is 23.1 Å². The molecule has 0 unspecified atom stereocenters. The maximum Gasteiger partial charge on any atom is 0.375 e. The van der Waals surface area contributed by atoms with E-state index in [9.17, 15) is 18.9 Å². The Labute approximate surface area is 93.6 Å². The molecule has 0 aliphatic rings. The number of alkyl halides is 3. The Kier molecular flexibility index (Phi) is 3.51. The first-order valence-electron chi connectivity index (χ1n) is 3.80. The molecule has 1 aromatic carbocycles. The SMILES string of the molecule is Cc1ccc([N+](=O)[O-])cc1SC(F)(F)Cl. The summed E-state index contributed by atoms with van der Waals surface area (Å²) < 4.78 is 21.5. The van der Waals surface area contributed by atoms with Crippen molar-refractivity contribution in [2.24, 2.45) is 0 Å². The Morgan fingerprint density at radius 1 is 1.53 bits per heavy atom. The van der Waals surface area contributed by atoms with Gasteiger partial charge in [-0.25, -0.2) is 0 Å². The largest absolute Gasteiger partial charge is 0.375 e. The molecule has 3 nitrogen and oxygen atoms in total. The fourth-order valence-electron chi connectivity index (χ4n) is 0.937. The second-order valence-corrected chi connectivity index (χ2v) is 4.61. The van der Waals surface area contributed by atoms with Gasteiger partial charge in [0, 0.05) is 17.0 Å². The van der Waals surface area contributed by atoms with Crippen LogP contribution < -0.4 is 0 Å². The van der Waals surface area contributed by atoms with E-state index >= 15 is 0 Å². The predicted molar refractivity (Wildman–Crippen MR) is 54.5 cm³/mol. The van der Waals surface area contributed by atoms with E-state index < -0.39 is 9.64 Å². The monoisotopic (exact) mass is 253 g/mol. The number of nitrogens with zero attached hydrogens (tertiary/aromatic N) is 1. The van der Waals surface area contributed by atoms with E-state index in [1.807, 2.05) is 0 Å². The highest BCUT2D eigenvalue weighted by Gasteiger charge is 2.28. The van der Waals surface area contributed by atoms with Gasteiger partial charge in [-0.15, -0.1) is 0 Å². The van der Waals surface area contributed by atoms with Crippen molar-refractivity contribution < 1.29 is 13.7 Å². The van der Waals surface area contributed by atoms with Crippen molar-refractivity contribution in [2.45, 2.75) is 16.5 Å². The molecule has 0 spiro atoms. The van der Waals surface area contributed by atoms with Gasteiger partial charge in [0.05, 0.1) is 4.92 Å². The van der Waals surface area contributed by atoms with Crippen molar-refractivity contribution in [3.63, 3.8) is 0 Å². The molecule has 0 aliphatic heterocycles. The van der Waals surface area contributed by atoms with Crippen molar-refractivity contribution in [2.75, 3.05) is 0 Å². The maximum absolute atomic E-state index is 12.5. The number of halogens is 3. The normalized spacial score (nSPS) is 11.5. The average molecular weight is 254 g/mol. The molecule has 0 aliphatic carbocycles. The smallest absolute Gasteiger partial charge is 0.258 e. The van der Waals surface area contributed by atoms with Gasteiger partial charge < -0.3 is 0 Å². The lowest BCUT2D eigenvalue weighted by Crippen LogP contribution is -1.99. The van der Waals surface area contributed by atoms with E-state index in [-0.39, 0.29) is 22.3 Å². The van der Waals surface area contributed by atoms with Crippen LogP contribution in [-0.2, 0) is 0 Å². The average Bonchev–Trinajstić information content (AvgIpc) is 2.06. The van der Waals surface area contributed by atoms with Crippen molar-refractivity contribution in [1.82, 2.24) is 0 Å². The number of hydrogen-bond donors (Lipinski definition) is 0. The van der Waals surface area contributed by atoms with E-state index in [0.717, 1.165) is 6.07 Å². The number of benzene rings is 1. The maximum atomic E-state index is 12.5. The number of nitro groups is 1. The molecule has 0 atom stereocenters. The second kappa shape index (κ2) is 4.32. The summed E-state index contributed by atoms with van der Waals surface area (Å²) in [6.45, 7) is 1.58. The third-order valence-electron chi connectivity index (χ3n) is 1.61. The van der Waals surface area contributed by atoms with Crippen LogP contribution in [0.5, 0.6) is 0 Å². The molecule has 82 valence electrons. The number of rotatable bonds is 3. The fraction of sp³-hybridized carbons (Fsp3) is 0.250. The molecule has 1 aromatic rings. The van der Waals surface area contributed by atoms with E-state index in [1.54, 1.807) is 6.92 Å². The van der Waals surface area contributed by atoms with Gasteiger partial charge in [0.2, 0.25) is 0 Å². The van der Waals surface area contributed by atoms with E-state index in [0.29, 0.717) is 5.56 Å². The molecule has 0 bridgehead atoms. The van der Waals surface area contributed by atoms with Crippen LogP contribution in [0.4, 0.5) is 14.5 Å². The highest BCUT2D eigenvalue weighted by molar-refractivity contribution is 8.01. The molecule has 0 radical (unpaired) electrons. The number of thioether (sulfide) groups is 1. The Hall–Kier alpha value is -0.880. The Balaban J connectivity index is 3.06. The lowest BCUT2D eigenvalue weighted by Gasteiger charge is -2.08. The highest BCUT2D eigenvalue weighted by atomic mass is 35.5. The molecule has 0 fully saturated rings. The van der Waals surface area contributed by atoms with Gasteiger partial charge >= 0.3 is 4.71 Å². The van der Waals surface area contributed by atoms with Crippen molar-refractivity contribution in [1.29, 1.82) is 0 Å². The molecule has 7 heteroatoms. The van der Waals surface area contributed by atoms with Crippen LogP contribution in [0.25, 0.3) is 0 Å². The highest BCUT2D eigenvalue weighted by Crippen LogP contribution is 2.41. The zero-order chi connectivity index (χ0) is 11.6. The zero-order valence-corrected chi connectivity index (χ0v) is 9.11. The molecule has 0 saturated carbocycles. The van der Waals surface area contributed by atoms with Gasteiger partial charge in [0.1, 0.15) is 0 Å². The standard InChI is InChI=1S/C8H6ClF2NO2S/c1-5-2-3-6(12(13)14)4-7(5)15-8(9,10)11/h2-4H,1H3. The van der Waals surface area contributed by atoms with Crippen LogP contribution >= 0.6 is 23.4 Å². The molecule has 0 amide bonds. The summed E-state index contributed by atoms with van der Waals surface area (Å²) in [5.74, 6) is 0. The summed E-state index contributed by atoms with van der Waals surface area (Å²) in [5, 5.41) is 10.4. The Bertz CT molecular complexity index is 395. The molecule has 0 N–H and O–H groups in total. The second-order valence-electron chi connectivity index (χ2n) is 2.75. The molecule has 0 aromatic heterocycles. The van der Waals surface area contributed by atoms with Gasteiger partial charge in [0.15, 0.2) is 0 Å². The summed E-state index contributed by atoms with van der Waals surface area (Å²) in [5.41, 5.74) is 0.287. The first-order chi connectivity index (χ1) is 6.79. The lowest BCUT2D eigenvalue weighted by molar-refractivity contribution is -0.385. The minimum Gasteiger partial charge on any atom is -0.258 e. The molecular weight excluding hydrogens is 248 g/mol. The molecule has 0 heterocycles. The van der Waals surface area contributed by atoms with Crippen LogP contribution in [0.1, 0.15) is 5.56 Å². The summed E-state index contributed by atoms with van der Waals surface area (Å²) in [4.78, 5) is 9.86. The minimum absolute atomic E-state index is 0.0866. The molecular formula is C8H6ClF2NO2S. The number of nitro benzene ring substituents is 1. The lowest BCUT2D eigenvalue weighted by atomic mass is 10.2. The van der Waals surface area contributed by atoms with Crippen molar-refractivity contribution >= 4 is 29.1 Å². The number of non-ortho nitro benzene ring substituents is 1. The van der Waals surface area contributed by atoms with Gasteiger partial charge in [-0.1, -0.05) is 6.07 Å². The predicted octanol–water partition coefficient (Wildman–Crippen LogP) is 3.78. The van der Waals surface area contributed by atoms with Crippen LogP contribution in [0.3, 0.4) is 0 Å². The van der Waals surface area contributed by atoms with Gasteiger partial charge in [-0.3, -0.25) is 10.1 Å². The molecule has 0 saturated heterocycles. The summed E-state index contributed by atoms with van der Waals surface area (Å²) in [6.07, 6.45) is 0. The van der Waals surface area contributed by atoms with Crippen LogP contribution in [-0.4, -0.2) is 9.64 Å². The minimum atomic E-state index is -3.46. The third-order valence-corrected chi connectivity index (χ3v) is 2.73. The number of aryl methyl sites for hydroxylation is 1. The van der Waals surface area contributed by atoms with Crippen molar-refractivity contribution in [3.05, 3.63) is 33.9 Å². The summed E-state index contributed by atoms with van der Waals surface area (Å²) >= 11 is 4.82.